The van der Waals surface area contributed by atoms with E-state index in [-0.39, 0.29) is 6.54 Å². The number of anilines is 1. The number of aliphatic hydroxyl groups excluding tert-OH is 1. The smallest absolute Gasteiger partial charge is 0.254 e. The van der Waals surface area contributed by atoms with E-state index in [1.165, 1.54) is 0 Å². The maximum atomic E-state index is 11.6. The van der Waals surface area contributed by atoms with Gasteiger partial charge in [0.15, 0.2) is 0 Å². The summed E-state index contributed by atoms with van der Waals surface area (Å²) in [7, 11) is 0. The van der Waals surface area contributed by atoms with Gasteiger partial charge in [0.2, 0.25) is 0 Å². The largest absolute Gasteiger partial charge is 0.382 e. The van der Waals surface area contributed by atoms with Crippen LogP contribution in [0.4, 0.5) is 5.69 Å². The molecule has 1 amide bonds. The molecule has 4 N–H and O–H groups in total. The molecule has 0 aliphatic heterocycles. The van der Waals surface area contributed by atoms with Gasteiger partial charge in [-0.3, -0.25) is 4.79 Å². The first kappa shape index (κ1) is 13.7. The molecule has 0 aromatic heterocycles. The summed E-state index contributed by atoms with van der Waals surface area (Å²) in [6, 6.07) is 5.93. The molecule has 0 saturated carbocycles. The molecule has 0 fully saturated rings. The number of hydrogen-bond acceptors (Lipinski definition) is 3. The maximum Gasteiger partial charge on any atom is 0.254 e. The highest BCUT2D eigenvalue weighted by Gasteiger charge is 2.15. The fourth-order valence-corrected chi connectivity index (χ4v) is 1.72. The molecule has 0 radical (unpaired) electrons. The van der Waals surface area contributed by atoms with Gasteiger partial charge in [-0.15, -0.1) is 0 Å². The summed E-state index contributed by atoms with van der Waals surface area (Å²) in [6.07, 6.45) is 0.522. The zero-order valence-corrected chi connectivity index (χ0v) is 10.4. The molecule has 0 heterocycles. The van der Waals surface area contributed by atoms with Crippen molar-refractivity contribution in [2.45, 2.75) is 32.8 Å². The van der Waals surface area contributed by atoms with Gasteiger partial charge in [-0.25, -0.2) is 0 Å². The normalized spacial score (nSPS) is 12.2. The predicted molar refractivity (Wildman–Crippen MR) is 68.9 cm³/mol. The number of aryl methyl sites for hydroxylation is 2. The van der Waals surface area contributed by atoms with Gasteiger partial charge in [-0.05, 0) is 24.0 Å². The standard InChI is InChI=1S/C13H20N2O2/c1-3-9-6-5-7-10(4-2)12(9)15-13(17)11(16)8-14/h5-7,11,16H,3-4,8,14H2,1-2H3,(H,15,17). The van der Waals surface area contributed by atoms with E-state index in [1.54, 1.807) is 0 Å². The van der Waals surface area contributed by atoms with E-state index in [1.807, 2.05) is 32.0 Å². The summed E-state index contributed by atoms with van der Waals surface area (Å²) in [4.78, 5) is 11.6. The van der Waals surface area contributed by atoms with Gasteiger partial charge in [0.25, 0.3) is 5.91 Å². The van der Waals surface area contributed by atoms with Gasteiger partial charge in [-0.1, -0.05) is 32.0 Å². The van der Waals surface area contributed by atoms with Crippen LogP contribution >= 0.6 is 0 Å². The second-order valence-electron chi connectivity index (χ2n) is 3.90. The minimum atomic E-state index is -1.15. The topological polar surface area (TPSA) is 75.3 Å². The molecule has 0 saturated heterocycles. The Morgan fingerprint density at radius 1 is 1.35 bits per heavy atom. The number of nitrogens with one attached hydrogen (secondary N) is 1. The number of benzene rings is 1. The van der Waals surface area contributed by atoms with E-state index >= 15 is 0 Å². The van der Waals surface area contributed by atoms with Crippen molar-refractivity contribution in [2.75, 3.05) is 11.9 Å². The lowest BCUT2D eigenvalue weighted by Gasteiger charge is -2.16. The number of carbonyl (C=O) groups excluding carboxylic acids is 1. The second kappa shape index (κ2) is 6.37. The number of nitrogens with two attached hydrogens (primary N) is 1. The summed E-state index contributed by atoms with van der Waals surface area (Å²) in [5.74, 6) is -0.442. The van der Waals surface area contributed by atoms with E-state index in [0.717, 1.165) is 29.7 Å². The van der Waals surface area contributed by atoms with Crippen molar-refractivity contribution < 1.29 is 9.90 Å². The molecular weight excluding hydrogens is 216 g/mol. The van der Waals surface area contributed by atoms with Crippen LogP contribution in [0.2, 0.25) is 0 Å². The second-order valence-corrected chi connectivity index (χ2v) is 3.90. The Bertz CT molecular complexity index is 369. The molecule has 1 aromatic rings. The molecular formula is C13H20N2O2. The monoisotopic (exact) mass is 236 g/mol. The van der Waals surface area contributed by atoms with Crippen LogP contribution in [-0.2, 0) is 17.6 Å². The predicted octanol–water partition coefficient (Wildman–Crippen LogP) is 1.07. The van der Waals surface area contributed by atoms with Crippen molar-refractivity contribution in [3.63, 3.8) is 0 Å². The van der Waals surface area contributed by atoms with Crippen LogP contribution < -0.4 is 11.1 Å². The number of para-hydroxylation sites is 1. The van der Waals surface area contributed by atoms with E-state index in [2.05, 4.69) is 5.32 Å². The van der Waals surface area contributed by atoms with E-state index in [9.17, 15) is 9.90 Å². The van der Waals surface area contributed by atoms with Crippen molar-refractivity contribution in [2.24, 2.45) is 5.73 Å². The molecule has 1 aromatic carbocycles. The first-order chi connectivity index (χ1) is 8.13. The Kier molecular flexibility index (Phi) is 5.12. The van der Waals surface area contributed by atoms with Crippen LogP contribution in [0.1, 0.15) is 25.0 Å². The van der Waals surface area contributed by atoms with Crippen molar-refractivity contribution in [1.29, 1.82) is 0 Å². The molecule has 1 atom stereocenters. The Morgan fingerprint density at radius 2 is 1.88 bits per heavy atom. The highest BCUT2D eigenvalue weighted by molar-refractivity contribution is 5.95. The van der Waals surface area contributed by atoms with Gasteiger partial charge in [0, 0.05) is 12.2 Å². The lowest BCUT2D eigenvalue weighted by Crippen LogP contribution is -2.34. The lowest BCUT2D eigenvalue weighted by atomic mass is 10.0. The third kappa shape index (κ3) is 3.28. The summed E-state index contributed by atoms with van der Waals surface area (Å²) in [6.45, 7) is 4.00. The summed E-state index contributed by atoms with van der Waals surface area (Å²) < 4.78 is 0. The third-order valence-electron chi connectivity index (χ3n) is 2.77. The first-order valence-electron chi connectivity index (χ1n) is 5.93. The van der Waals surface area contributed by atoms with E-state index in [0.29, 0.717) is 0 Å². The molecule has 4 nitrogen and oxygen atoms in total. The first-order valence-corrected chi connectivity index (χ1v) is 5.93. The molecule has 1 rings (SSSR count). The highest BCUT2D eigenvalue weighted by Crippen LogP contribution is 2.22. The Labute approximate surface area is 102 Å². The number of carbonyl (C=O) groups is 1. The quantitative estimate of drug-likeness (QED) is 0.716. The van der Waals surface area contributed by atoms with E-state index < -0.39 is 12.0 Å². The molecule has 4 heteroatoms. The minimum Gasteiger partial charge on any atom is -0.382 e. The molecule has 0 spiro atoms. The van der Waals surface area contributed by atoms with Crippen LogP contribution in [0.15, 0.2) is 18.2 Å². The average molecular weight is 236 g/mol. The number of aliphatic hydroxyl groups is 1. The summed E-state index contributed by atoms with van der Waals surface area (Å²) >= 11 is 0. The number of amides is 1. The highest BCUT2D eigenvalue weighted by atomic mass is 16.3. The van der Waals surface area contributed by atoms with Crippen LogP contribution in [-0.4, -0.2) is 23.7 Å². The van der Waals surface area contributed by atoms with Gasteiger partial charge < -0.3 is 16.2 Å². The van der Waals surface area contributed by atoms with E-state index in [4.69, 9.17) is 5.73 Å². The Hall–Kier alpha value is -1.39. The van der Waals surface area contributed by atoms with Crippen LogP contribution in [0.5, 0.6) is 0 Å². The molecule has 94 valence electrons. The van der Waals surface area contributed by atoms with Crippen molar-refractivity contribution in [1.82, 2.24) is 0 Å². The van der Waals surface area contributed by atoms with Crippen LogP contribution in [0, 0.1) is 0 Å². The van der Waals surface area contributed by atoms with Gasteiger partial charge in [0.1, 0.15) is 6.10 Å². The fraction of sp³-hybridized carbons (Fsp3) is 0.462. The van der Waals surface area contributed by atoms with Gasteiger partial charge in [0.05, 0.1) is 0 Å². The summed E-state index contributed by atoms with van der Waals surface area (Å²) in [5, 5.41) is 12.1. The number of hydrogen-bond donors (Lipinski definition) is 3. The molecule has 17 heavy (non-hydrogen) atoms. The van der Waals surface area contributed by atoms with Crippen LogP contribution in [0.25, 0.3) is 0 Å². The Morgan fingerprint density at radius 3 is 2.29 bits per heavy atom. The van der Waals surface area contributed by atoms with Crippen molar-refractivity contribution in [3.8, 4) is 0 Å². The third-order valence-corrected chi connectivity index (χ3v) is 2.77. The Balaban J connectivity index is 2.99. The van der Waals surface area contributed by atoms with Crippen LogP contribution in [0.3, 0.4) is 0 Å². The maximum absolute atomic E-state index is 11.6. The lowest BCUT2D eigenvalue weighted by molar-refractivity contribution is -0.123. The van der Waals surface area contributed by atoms with Crippen molar-refractivity contribution >= 4 is 11.6 Å². The minimum absolute atomic E-state index is 0.0679. The van der Waals surface area contributed by atoms with Gasteiger partial charge in [-0.2, -0.15) is 0 Å². The molecule has 0 aliphatic rings. The zero-order valence-electron chi connectivity index (χ0n) is 10.4. The average Bonchev–Trinajstić information content (AvgIpc) is 2.37. The van der Waals surface area contributed by atoms with Gasteiger partial charge >= 0.3 is 0 Å². The number of rotatable bonds is 5. The van der Waals surface area contributed by atoms with Crippen molar-refractivity contribution in [3.05, 3.63) is 29.3 Å². The molecule has 0 aliphatic carbocycles. The summed E-state index contributed by atoms with van der Waals surface area (Å²) in [5.41, 5.74) is 8.21. The molecule has 1 unspecified atom stereocenters. The zero-order chi connectivity index (χ0) is 12.8. The molecule has 0 bridgehead atoms. The fourth-order valence-electron chi connectivity index (χ4n) is 1.72. The SMILES string of the molecule is CCc1cccc(CC)c1NC(=O)C(O)CN.